The van der Waals surface area contributed by atoms with Crippen LogP contribution in [0.1, 0.15) is 40.0 Å². The maximum absolute atomic E-state index is 12.4. The quantitative estimate of drug-likeness (QED) is 0.790. The first-order valence-corrected chi connectivity index (χ1v) is 7.94. The number of nitrogens with one attached hydrogen (secondary N) is 2. The molecule has 5 heteroatoms. The first-order valence-electron chi connectivity index (χ1n) is 7.94. The summed E-state index contributed by atoms with van der Waals surface area (Å²) in [5.41, 5.74) is 9.85. The van der Waals surface area contributed by atoms with Crippen LogP contribution in [0.4, 0.5) is 5.69 Å². The van der Waals surface area contributed by atoms with Crippen LogP contribution in [-0.4, -0.2) is 18.4 Å². The van der Waals surface area contributed by atoms with Crippen molar-refractivity contribution in [1.29, 1.82) is 0 Å². The molecule has 2 aromatic carbocycles. The molecule has 4 N–H and O–H groups in total. The van der Waals surface area contributed by atoms with Gasteiger partial charge < -0.3 is 16.4 Å². The predicted octanol–water partition coefficient (Wildman–Crippen LogP) is 2.69. The number of anilines is 1. The highest BCUT2D eigenvalue weighted by Gasteiger charge is 2.17. The molecule has 0 saturated heterocycles. The van der Waals surface area contributed by atoms with Crippen LogP contribution in [-0.2, 0) is 4.79 Å². The average molecular weight is 325 g/mol. The molecule has 0 heterocycles. The molecular formula is C19H23N3O2. The van der Waals surface area contributed by atoms with Gasteiger partial charge in [0.25, 0.3) is 5.91 Å². The minimum Gasteiger partial charge on any atom is -0.352 e. The molecular weight excluding hydrogens is 302 g/mol. The van der Waals surface area contributed by atoms with Crippen molar-refractivity contribution in [2.45, 2.75) is 26.8 Å². The lowest BCUT2D eigenvalue weighted by Crippen LogP contribution is -2.28. The third kappa shape index (κ3) is 4.20. The van der Waals surface area contributed by atoms with Crippen molar-refractivity contribution >= 4 is 17.5 Å². The summed E-state index contributed by atoms with van der Waals surface area (Å²) in [5, 5.41) is 5.56. The molecule has 0 fully saturated rings. The highest BCUT2D eigenvalue weighted by atomic mass is 16.2. The Labute approximate surface area is 142 Å². The van der Waals surface area contributed by atoms with Crippen molar-refractivity contribution in [2.75, 3.05) is 11.9 Å². The summed E-state index contributed by atoms with van der Waals surface area (Å²) >= 11 is 0. The number of aryl methyl sites for hydroxylation is 2. The fourth-order valence-corrected chi connectivity index (χ4v) is 2.30. The van der Waals surface area contributed by atoms with E-state index < -0.39 is 6.04 Å². The Kier molecular flexibility index (Phi) is 5.71. The number of amides is 2. The van der Waals surface area contributed by atoms with Gasteiger partial charge in [0.05, 0.1) is 0 Å². The molecule has 126 valence electrons. The summed E-state index contributed by atoms with van der Waals surface area (Å²) in [5.74, 6) is -0.481. The molecule has 0 aliphatic heterocycles. The van der Waals surface area contributed by atoms with Gasteiger partial charge in [-0.15, -0.1) is 0 Å². The lowest BCUT2D eigenvalue weighted by Gasteiger charge is -2.15. The molecule has 0 aromatic heterocycles. The third-order valence-electron chi connectivity index (χ3n) is 3.81. The van der Waals surface area contributed by atoms with E-state index in [1.54, 1.807) is 18.2 Å². The molecule has 2 rings (SSSR count). The van der Waals surface area contributed by atoms with Crippen LogP contribution in [0.5, 0.6) is 0 Å². The minimum atomic E-state index is -0.766. The smallest absolute Gasteiger partial charge is 0.251 e. The molecule has 0 spiro atoms. The Balaban J connectivity index is 2.17. The number of carbonyl (C=O) groups is 2. The molecule has 24 heavy (non-hydrogen) atoms. The van der Waals surface area contributed by atoms with E-state index in [0.717, 1.165) is 16.7 Å². The van der Waals surface area contributed by atoms with Crippen LogP contribution in [0.2, 0.25) is 0 Å². The Morgan fingerprint density at radius 1 is 1.08 bits per heavy atom. The van der Waals surface area contributed by atoms with E-state index in [4.69, 9.17) is 5.73 Å². The maximum Gasteiger partial charge on any atom is 0.251 e. The van der Waals surface area contributed by atoms with E-state index in [1.807, 2.05) is 45.0 Å². The molecule has 2 aromatic rings. The van der Waals surface area contributed by atoms with Gasteiger partial charge in [-0.1, -0.05) is 35.9 Å². The highest BCUT2D eigenvalue weighted by Crippen LogP contribution is 2.19. The van der Waals surface area contributed by atoms with Crippen molar-refractivity contribution < 1.29 is 9.59 Å². The van der Waals surface area contributed by atoms with Gasteiger partial charge in [0.2, 0.25) is 5.91 Å². The molecule has 2 amide bonds. The minimum absolute atomic E-state index is 0.171. The van der Waals surface area contributed by atoms with Crippen molar-refractivity contribution in [2.24, 2.45) is 5.73 Å². The van der Waals surface area contributed by atoms with E-state index in [1.165, 1.54) is 0 Å². The van der Waals surface area contributed by atoms with E-state index in [9.17, 15) is 9.59 Å². The fourth-order valence-electron chi connectivity index (χ4n) is 2.30. The summed E-state index contributed by atoms with van der Waals surface area (Å²) in [4.78, 5) is 24.4. The molecule has 0 aliphatic rings. The Hall–Kier alpha value is -2.66. The Bertz CT molecular complexity index is 739. The lowest BCUT2D eigenvalue weighted by atomic mass is 10.0. The van der Waals surface area contributed by atoms with Crippen molar-refractivity contribution in [3.05, 3.63) is 64.7 Å². The molecule has 1 unspecified atom stereocenters. The van der Waals surface area contributed by atoms with Gasteiger partial charge in [-0.3, -0.25) is 9.59 Å². The number of nitrogens with two attached hydrogens (primary N) is 1. The first kappa shape index (κ1) is 17.7. The van der Waals surface area contributed by atoms with Crippen molar-refractivity contribution in [3.8, 4) is 0 Å². The summed E-state index contributed by atoms with van der Waals surface area (Å²) in [6.45, 7) is 6.25. The second-order valence-corrected chi connectivity index (χ2v) is 5.77. The Morgan fingerprint density at radius 3 is 2.38 bits per heavy atom. The van der Waals surface area contributed by atoms with Gasteiger partial charge >= 0.3 is 0 Å². The predicted molar refractivity (Wildman–Crippen MR) is 95.9 cm³/mol. The second-order valence-electron chi connectivity index (χ2n) is 5.77. The molecule has 5 nitrogen and oxygen atoms in total. The zero-order valence-corrected chi connectivity index (χ0v) is 14.2. The molecule has 0 bridgehead atoms. The van der Waals surface area contributed by atoms with Crippen LogP contribution in [0.15, 0.2) is 42.5 Å². The SMILES string of the molecule is CCNC(=O)c1ccc(C)c(NC(=O)C(N)c2ccc(C)cc2)c1. The topological polar surface area (TPSA) is 84.2 Å². The molecule has 0 saturated carbocycles. The largest absolute Gasteiger partial charge is 0.352 e. The zero-order valence-electron chi connectivity index (χ0n) is 14.2. The lowest BCUT2D eigenvalue weighted by molar-refractivity contribution is -0.117. The summed E-state index contributed by atoms with van der Waals surface area (Å²) in [6.07, 6.45) is 0. The van der Waals surface area contributed by atoms with Gasteiger partial charge in [0.15, 0.2) is 0 Å². The zero-order chi connectivity index (χ0) is 17.7. The van der Waals surface area contributed by atoms with Crippen LogP contribution in [0, 0.1) is 13.8 Å². The van der Waals surface area contributed by atoms with Crippen molar-refractivity contribution in [1.82, 2.24) is 5.32 Å². The van der Waals surface area contributed by atoms with E-state index in [0.29, 0.717) is 17.8 Å². The monoisotopic (exact) mass is 325 g/mol. The van der Waals surface area contributed by atoms with Gasteiger partial charge in [0.1, 0.15) is 6.04 Å². The maximum atomic E-state index is 12.4. The van der Waals surface area contributed by atoms with Crippen LogP contribution >= 0.6 is 0 Å². The fraction of sp³-hybridized carbons (Fsp3) is 0.263. The molecule has 0 radical (unpaired) electrons. The normalized spacial score (nSPS) is 11.7. The van der Waals surface area contributed by atoms with Gasteiger partial charge in [-0.25, -0.2) is 0 Å². The first-order chi connectivity index (χ1) is 11.4. The number of rotatable bonds is 5. The second kappa shape index (κ2) is 7.75. The van der Waals surface area contributed by atoms with Crippen molar-refractivity contribution in [3.63, 3.8) is 0 Å². The van der Waals surface area contributed by atoms with E-state index in [-0.39, 0.29) is 11.8 Å². The standard InChI is InChI=1S/C19H23N3O2/c1-4-21-18(23)15-10-7-13(3)16(11-15)22-19(24)17(20)14-8-5-12(2)6-9-14/h5-11,17H,4,20H2,1-3H3,(H,21,23)(H,22,24). The van der Waals surface area contributed by atoms with Gasteiger partial charge in [-0.05, 0) is 44.0 Å². The van der Waals surface area contributed by atoms with Gasteiger partial charge in [-0.2, -0.15) is 0 Å². The van der Waals surface area contributed by atoms with Crippen LogP contribution in [0.25, 0.3) is 0 Å². The molecule has 0 aliphatic carbocycles. The number of carbonyl (C=O) groups excluding carboxylic acids is 2. The van der Waals surface area contributed by atoms with E-state index in [2.05, 4.69) is 10.6 Å². The number of benzene rings is 2. The number of hydrogen-bond acceptors (Lipinski definition) is 3. The highest BCUT2D eigenvalue weighted by molar-refractivity contribution is 5.99. The van der Waals surface area contributed by atoms with Gasteiger partial charge in [0, 0.05) is 17.8 Å². The number of hydrogen-bond donors (Lipinski definition) is 3. The summed E-state index contributed by atoms with van der Waals surface area (Å²) in [7, 11) is 0. The van der Waals surface area contributed by atoms with Crippen LogP contribution < -0.4 is 16.4 Å². The van der Waals surface area contributed by atoms with Crippen LogP contribution in [0.3, 0.4) is 0 Å². The van der Waals surface area contributed by atoms with E-state index >= 15 is 0 Å². The molecule has 1 atom stereocenters. The third-order valence-corrected chi connectivity index (χ3v) is 3.81. The summed E-state index contributed by atoms with van der Waals surface area (Å²) < 4.78 is 0. The average Bonchev–Trinajstić information content (AvgIpc) is 2.57. The Morgan fingerprint density at radius 2 is 1.75 bits per heavy atom. The summed E-state index contributed by atoms with van der Waals surface area (Å²) in [6, 6.07) is 12.0.